The number of carbonyl (C=O) groups excluding carboxylic acids is 2. The zero-order chi connectivity index (χ0) is 17.8. The fourth-order valence-electron chi connectivity index (χ4n) is 0.702. The van der Waals surface area contributed by atoms with E-state index in [1.807, 2.05) is 0 Å². The van der Waals surface area contributed by atoms with Crippen molar-refractivity contribution in [2.24, 2.45) is 0 Å². The second-order valence-corrected chi connectivity index (χ2v) is 6.84. The van der Waals surface area contributed by atoms with Crippen LogP contribution in [-0.4, -0.2) is 57.0 Å². The Morgan fingerprint density at radius 2 is 1.04 bits per heavy atom. The van der Waals surface area contributed by atoms with Gasteiger partial charge in [0.2, 0.25) is 11.8 Å². The van der Waals surface area contributed by atoms with Gasteiger partial charge in [-0.05, 0) is 0 Å². The predicted octanol–water partition coefficient (Wildman–Crippen LogP) is -3.35. The van der Waals surface area contributed by atoms with Crippen molar-refractivity contribution in [3.8, 4) is 0 Å². The summed E-state index contributed by atoms with van der Waals surface area (Å²) in [5.41, 5.74) is 2.09. The molecule has 14 nitrogen and oxygen atoms in total. The Kier molecular flexibility index (Phi) is 16.7. The van der Waals surface area contributed by atoms with Crippen LogP contribution in [0.4, 0.5) is 0 Å². The smallest absolute Gasteiger partial charge is 0.759 e. The Hall–Kier alpha value is -0.401. The Morgan fingerprint density at radius 1 is 0.783 bits per heavy atom. The number of hydroxylamine groups is 2. The van der Waals surface area contributed by atoms with Gasteiger partial charge in [-0.2, -0.15) is 0 Å². The molecule has 0 heterocycles. The van der Waals surface area contributed by atoms with E-state index in [4.69, 9.17) is 19.6 Å². The van der Waals surface area contributed by atoms with Crippen LogP contribution in [0.3, 0.4) is 0 Å². The first-order valence-electron chi connectivity index (χ1n) is 5.24. The monoisotopic (exact) mass is 429 g/mol. The molecule has 0 saturated heterocycles. The van der Waals surface area contributed by atoms with E-state index in [0.29, 0.717) is 0 Å². The average molecular weight is 430 g/mol. The quantitative estimate of drug-likeness (QED) is 0.107. The number of hydrogen-bond donors (Lipinski definition) is 8. The summed E-state index contributed by atoms with van der Waals surface area (Å²) >= 11 is 0. The van der Waals surface area contributed by atoms with Gasteiger partial charge < -0.3 is 40.9 Å². The fraction of sp³-hybridized carbons (Fsp3) is 0.667. The first kappa shape index (κ1) is 27.4. The van der Waals surface area contributed by atoms with Crippen LogP contribution in [0.2, 0.25) is 0 Å². The fourth-order valence-corrected chi connectivity index (χ4v) is 1.51. The van der Waals surface area contributed by atoms with Gasteiger partial charge in [-0.25, -0.2) is 0 Å². The van der Waals surface area contributed by atoms with Crippen molar-refractivity contribution in [3.05, 3.63) is 10.4 Å². The molecule has 0 bridgehead atoms. The van der Waals surface area contributed by atoms with Gasteiger partial charge in [-0.15, -0.1) is 0 Å². The maximum Gasteiger partial charge on any atom is 2.00 e. The van der Waals surface area contributed by atoms with Gasteiger partial charge in [-0.1, -0.05) is 0 Å². The Morgan fingerprint density at radius 3 is 1.22 bits per heavy atom. The van der Waals surface area contributed by atoms with Crippen molar-refractivity contribution < 1.29 is 55.4 Å². The molecule has 0 unspecified atom stereocenters. The van der Waals surface area contributed by atoms with E-state index >= 15 is 0 Å². The second kappa shape index (κ2) is 14.0. The molecule has 23 heavy (non-hydrogen) atoms. The van der Waals surface area contributed by atoms with Crippen LogP contribution < -0.4 is 21.6 Å². The standard InChI is InChI=1S/2C3H8N2O5P.Cu/c2*6-3(5-7)1-4-2-11(8,9)10;/h2*4H,1-2H2,(H3-,5,6,7,8,9,10);/q2*-1;+2. The first-order valence-corrected chi connectivity index (χ1v) is 8.83. The number of carbonyl (C=O) groups is 2. The third-order valence-electron chi connectivity index (χ3n) is 1.43. The summed E-state index contributed by atoms with van der Waals surface area (Å²) in [6.07, 6.45) is -1.22. The molecule has 0 fully saturated rings. The number of rotatable bonds is 8. The molecule has 0 rings (SSSR count). The van der Waals surface area contributed by atoms with Crippen molar-refractivity contribution in [2.45, 2.75) is 0 Å². The van der Waals surface area contributed by atoms with Gasteiger partial charge >= 0.3 is 32.3 Å². The summed E-state index contributed by atoms with van der Waals surface area (Å²) in [6.45, 7) is -0.788. The molecule has 0 aliphatic rings. The molecule has 141 valence electrons. The van der Waals surface area contributed by atoms with Crippen LogP contribution in [0.5, 0.6) is 0 Å². The molecule has 17 heteroatoms. The zero-order valence-electron chi connectivity index (χ0n) is 11.3. The van der Waals surface area contributed by atoms with Crippen LogP contribution in [0.25, 0.3) is 0 Å². The van der Waals surface area contributed by atoms with Gasteiger partial charge in [0.25, 0.3) is 0 Å². The average Bonchev–Trinajstić information content (AvgIpc) is 2.36. The minimum atomic E-state index is -4.13. The molecule has 0 aromatic rings. The molecule has 0 aromatic carbocycles. The van der Waals surface area contributed by atoms with Crippen molar-refractivity contribution in [1.82, 2.24) is 21.6 Å². The number of hydrogen-bond acceptors (Lipinski definition) is 8. The Labute approximate surface area is 140 Å². The minimum absolute atomic E-state index is 0. The molecule has 8 N–H and O–H groups in total. The van der Waals surface area contributed by atoms with E-state index in [-0.39, 0.29) is 17.1 Å². The third-order valence-corrected chi connectivity index (χ3v) is 2.71. The van der Waals surface area contributed by atoms with Crippen LogP contribution in [0.15, 0.2) is 0 Å². The molecule has 2 amide bonds. The van der Waals surface area contributed by atoms with Crippen molar-refractivity contribution in [2.75, 3.05) is 25.7 Å². The van der Waals surface area contributed by atoms with E-state index in [2.05, 4.69) is 10.6 Å². The van der Waals surface area contributed by atoms with E-state index in [1.165, 1.54) is 0 Å². The number of nitrogens with one attached hydrogen (secondary N) is 4. The van der Waals surface area contributed by atoms with Crippen LogP contribution >= 0.6 is 15.2 Å². The molecule has 0 saturated carbocycles. The van der Waals surface area contributed by atoms with Gasteiger partial charge in [-0.3, -0.25) is 29.4 Å². The van der Waals surface area contributed by atoms with Crippen LogP contribution in [0, 0.1) is 10.4 Å². The predicted molar refractivity (Wildman–Crippen MR) is 72.8 cm³/mol. The van der Waals surface area contributed by atoms with E-state index in [1.54, 1.807) is 0 Å². The second-order valence-electron chi connectivity index (χ2n) is 3.55. The van der Waals surface area contributed by atoms with E-state index in [9.17, 15) is 29.1 Å². The van der Waals surface area contributed by atoms with Crippen molar-refractivity contribution in [3.63, 3.8) is 0 Å². The van der Waals surface area contributed by atoms with Crippen LogP contribution in [0.1, 0.15) is 0 Å². The normalized spacial score (nSPS) is 10.7. The van der Waals surface area contributed by atoms with Crippen molar-refractivity contribution >= 4 is 27.0 Å². The van der Waals surface area contributed by atoms with Crippen molar-refractivity contribution in [1.29, 1.82) is 0 Å². The molecular formula is C6H16CuN4O10P2. The maximum atomic E-state index is 10.2. The minimum Gasteiger partial charge on any atom is -0.759 e. The molecular weight excluding hydrogens is 414 g/mol. The Bertz CT molecular complexity index is 399. The first-order chi connectivity index (χ1) is 9.91. The number of amides is 2. The topological polar surface area (TPSA) is 243 Å². The maximum absolute atomic E-state index is 10.2. The van der Waals surface area contributed by atoms with Gasteiger partial charge in [0.05, 0.1) is 25.7 Å². The summed E-state index contributed by atoms with van der Waals surface area (Å²) in [7, 11) is -8.25. The summed E-state index contributed by atoms with van der Waals surface area (Å²) in [6, 6.07) is 0. The molecule has 0 spiro atoms. The zero-order valence-corrected chi connectivity index (χ0v) is 14.0. The molecule has 0 aliphatic heterocycles. The summed E-state index contributed by atoms with van der Waals surface area (Å²) in [5.74, 6) is -1.73. The molecule has 1 radical (unpaired) electrons. The summed E-state index contributed by atoms with van der Waals surface area (Å²) in [4.78, 5) is 53.3. The van der Waals surface area contributed by atoms with Gasteiger partial charge in [0, 0.05) is 0 Å². The van der Waals surface area contributed by atoms with Crippen LogP contribution in [-0.2, 0) is 35.8 Å². The van der Waals surface area contributed by atoms with Gasteiger partial charge in [0.15, 0.2) is 0 Å². The Balaban J connectivity index is -0.000000333. The molecule has 0 aliphatic carbocycles. The van der Waals surface area contributed by atoms with E-state index in [0.717, 1.165) is 11.0 Å². The third kappa shape index (κ3) is 26.8. The van der Waals surface area contributed by atoms with E-state index < -0.39 is 52.7 Å². The molecule has 0 atom stereocenters. The molecule has 0 aromatic heterocycles. The largest absolute Gasteiger partial charge is 2.00 e. The summed E-state index contributed by atoms with van der Waals surface area (Å²) < 4.78 is 20.2. The SMILES string of the molecule is O=C(CNCP(=O)(O)O)N[O-].O=C(CNCP(=O)(O)O)N[O-].[Cu+2]. The summed E-state index contributed by atoms with van der Waals surface area (Å²) in [5, 5.41) is 23.3. The van der Waals surface area contributed by atoms with Gasteiger partial charge in [0.1, 0.15) is 0 Å².